The minimum Gasteiger partial charge on any atom is -0.377 e. The SMILES string of the molecule is CC(C)OCCNC(=O)c1cc(Cl)cc(F)c1Br. The highest BCUT2D eigenvalue weighted by atomic mass is 79.9. The molecule has 0 heterocycles. The Kier molecular flexibility index (Phi) is 6.05. The van der Waals surface area contributed by atoms with Gasteiger partial charge in [0.1, 0.15) is 5.82 Å². The van der Waals surface area contributed by atoms with E-state index in [-0.39, 0.29) is 21.2 Å². The maximum Gasteiger partial charge on any atom is 0.252 e. The Labute approximate surface area is 119 Å². The summed E-state index contributed by atoms with van der Waals surface area (Å²) in [6, 6.07) is 2.55. The molecule has 100 valence electrons. The number of halogens is 3. The van der Waals surface area contributed by atoms with E-state index in [1.165, 1.54) is 6.07 Å². The van der Waals surface area contributed by atoms with Gasteiger partial charge in [0.2, 0.25) is 0 Å². The number of amides is 1. The number of nitrogens with one attached hydrogen (secondary N) is 1. The summed E-state index contributed by atoms with van der Waals surface area (Å²) in [6.07, 6.45) is 0.109. The van der Waals surface area contributed by atoms with Gasteiger partial charge in [-0.3, -0.25) is 4.79 Å². The van der Waals surface area contributed by atoms with Gasteiger partial charge in [-0.25, -0.2) is 4.39 Å². The van der Waals surface area contributed by atoms with Crippen LogP contribution in [0.1, 0.15) is 24.2 Å². The molecule has 0 unspecified atom stereocenters. The number of benzene rings is 1. The van der Waals surface area contributed by atoms with E-state index in [0.717, 1.165) is 6.07 Å². The fraction of sp³-hybridized carbons (Fsp3) is 0.417. The molecule has 0 fully saturated rings. The Morgan fingerprint density at radius 3 is 2.83 bits per heavy atom. The average Bonchev–Trinajstić information content (AvgIpc) is 2.28. The molecule has 0 atom stereocenters. The van der Waals surface area contributed by atoms with Gasteiger partial charge in [-0.15, -0.1) is 0 Å². The first-order chi connectivity index (χ1) is 8.41. The summed E-state index contributed by atoms with van der Waals surface area (Å²) in [6.45, 7) is 4.58. The van der Waals surface area contributed by atoms with Gasteiger partial charge < -0.3 is 10.1 Å². The lowest BCUT2D eigenvalue weighted by Crippen LogP contribution is -2.28. The molecular formula is C12H14BrClFNO2. The van der Waals surface area contributed by atoms with Gasteiger partial charge in [0, 0.05) is 11.6 Å². The van der Waals surface area contributed by atoms with Crippen molar-refractivity contribution >= 4 is 33.4 Å². The lowest BCUT2D eigenvalue weighted by atomic mass is 10.2. The van der Waals surface area contributed by atoms with Crippen LogP contribution in [-0.4, -0.2) is 25.2 Å². The molecule has 0 radical (unpaired) electrons. The molecule has 3 nitrogen and oxygen atoms in total. The fourth-order valence-corrected chi connectivity index (χ4v) is 1.89. The zero-order chi connectivity index (χ0) is 13.7. The van der Waals surface area contributed by atoms with Crippen molar-refractivity contribution in [1.82, 2.24) is 5.32 Å². The minimum atomic E-state index is -0.564. The van der Waals surface area contributed by atoms with Crippen LogP contribution in [0.5, 0.6) is 0 Å². The monoisotopic (exact) mass is 337 g/mol. The number of ether oxygens (including phenoxy) is 1. The highest BCUT2D eigenvalue weighted by Crippen LogP contribution is 2.24. The van der Waals surface area contributed by atoms with Crippen LogP contribution < -0.4 is 5.32 Å². The van der Waals surface area contributed by atoms with Gasteiger partial charge in [0.05, 0.1) is 22.7 Å². The zero-order valence-electron chi connectivity index (χ0n) is 10.1. The summed E-state index contributed by atoms with van der Waals surface area (Å²) in [4.78, 5) is 11.8. The lowest BCUT2D eigenvalue weighted by Gasteiger charge is -2.10. The number of rotatable bonds is 5. The molecule has 1 amide bonds. The topological polar surface area (TPSA) is 38.3 Å². The second-order valence-electron chi connectivity index (χ2n) is 3.92. The van der Waals surface area contributed by atoms with Gasteiger partial charge in [-0.2, -0.15) is 0 Å². The van der Waals surface area contributed by atoms with Gasteiger partial charge in [-0.1, -0.05) is 11.6 Å². The maximum absolute atomic E-state index is 13.4. The first-order valence-corrected chi connectivity index (χ1v) is 6.63. The van der Waals surface area contributed by atoms with Crippen molar-refractivity contribution in [2.24, 2.45) is 0 Å². The molecule has 1 aromatic rings. The van der Waals surface area contributed by atoms with Crippen LogP contribution >= 0.6 is 27.5 Å². The third-order valence-corrected chi connectivity index (χ3v) is 3.10. The first-order valence-electron chi connectivity index (χ1n) is 5.46. The van der Waals surface area contributed by atoms with E-state index in [9.17, 15) is 9.18 Å². The number of carbonyl (C=O) groups is 1. The van der Waals surface area contributed by atoms with Crippen LogP contribution in [0.2, 0.25) is 5.02 Å². The third kappa shape index (κ3) is 4.55. The molecule has 0 aromatic heterocycles. The summed E-state index contributed by atoms with van der Waals surface area (Å²) >= 11 is 8.72. The molecule has 0 saturated carbocycles. The molecule has 6 heteroatoms. The molecule has 1 N–H and O–H groups in total. The van der Waals surface area contributed by atoms with Crippen molar-refractivity contribution in [3.8, 4) is 0 Å². The molecule has 1 rings (SSSR count). The van der Waals surface area contributed by atoms with Crippen molar-refractivity contribution in [3.63, 3.8) is 0 Å². The van der Waals surface area contributed by atoms with Crippen molar-refractivity contribution in [1.29, 1.82) is 0 Å². The quantitative estimate of drug-likeness (QED) is 0.660. The highest BCUT2D eigenvalue weighted by molar-refractivity contribution is 9.10. The highest BCUT2D eigenvalue weighted by Gasteiger charge is 2.14. The van der Waals surface area contributed by atoms with Gasteiger partial charge in [0.15, 0.2) is 0 Å². The Balaban J connectivity index is 2.62. The molecule has 1 aromatic carbocycles. The van der Waals surface area contributed by atoms with E-state index in [1.54, 1.807) is 0 Å². The summed E-state index contributed by atoms with van der Waals surface area (Å²) in [5.41, 5.74) is 0.171. The molecule has 0 bridgehead atoms. The minimum absolute atomic E-state index is 0.106. The lowest BCUT2D eigenvalue weighted by molar-refractivity contribution is 0.0746. The molecule has 0 aliphatic heterocycles. The van der Waals surface area contributed by atoms with Crippen LogP contribution in [-0.2, 0) is 4.74 Å². The van der Waals surface area contributed by atoms with Crippen LogP contribution in [0.3, 0.4) is 0 Å². The van der Waals surface area contributed by atoms with E-state index < -0.39 is 11.7 Å². The van der Waals surface area contributed by atoms with Crippen LogP contribution in [0, 0.1) is 5.82 Å². The predicted octanol–water partition coefficient (Wildman–Crippen LogP) is 3.40. The Morgan fingerprint density at radius 1 is 1.56 bits per heavy atom. The van der Waals surface area contributed by atoms with Gasteiger partial charge in [0.25, 0.3) is 5.91 Å². The normalized spacial score (nSPS) is 10.8. The molecule has 0 spiro atoms. The molecule has 0 aliphatic rings. The van der Waals surface area contributed by atoms with Crippen LogP contribution in [0.15, 0.2) is 16.6 Å². The van der Waals surface area contributed by atoms with E-state index in [1.807, 2.05) is 13.8 Å². The third-order valence-electron chi connectivity index (χ3n) is 2.08. The number of hydrogen-bond acceptors (Lipinski definition) is 2. The second-order valence-corrected chi connectivity index (χ2v) is 5.15. The van der Waals surface area contributed by atoms with Crippen molar-refractivity contribution in [2.75, 3.05) is 13.2 Å². The first kappa shape index (κ1) is 15.4. The average molecular weight is 339 g/mol. The van der Waals surface area contributed by atoms with Gasteiger partial charge in [-0.05, 0) is 41.9 Å². The number of hydrogen-bond donors (Lipinski definition) is 1. The van der Waals surface area contributed by atoms with E-state index in [4.69, 9.17) is 16.3 Å². The molecular weight excluding hydrogens is 324 g/mol. The Hall–Kier alpha value is -0.650. The molecule has 18 heavy (non-hydrogen) atoms. The molecule has 0 aliphatic carbocycles. The summed E-state index contributed by atoms with van der Waals surface area (Å²) < 4.78 is 18.7. The zero-order valence-corrected chi connectivity index (χ0v) is 12.4. The smallest absolute Gasteiger partial charge is 0.252 e. The van der Waals surface area contributed by atoms with Crippen LogP contribution in [0.4, 0.5) is 4.39 Å². The van der Waals surface area contributed by atoms with Crippen molar-refractivity contribution in [3.05, 3.63) is 33.0 Å². The number of carbonyl (C=O) groups excluding carboxylic acids is 1. The molecule has 0 saturated heterocycles. The summed E-state index contributed by atoms with van der Waals surface area (Å²) in [7, 11) is 0. The van der Waals surface area contributed by atoms with Crippen molar-refractivity contribution in [2.45, 2.75) is 20.0 Å². The summed E-state index contributed by atoms with van der Waals surface area (Å²) in [5, 5.41) is 2.81. The second kappa shape index (κ2) is 7.07. The Bertz CT molecular complexity index is 440. The van der Waals surface area contributed by atoms with Crippen LogP contribution in [0.25, 0.3) is 0 Å². The van der Waals surface area contributed by atoms with Crippen molar-refractivity contribution < 1.29 is 13.9 Å². The maximum atomic E-state index is 13.4. The summed E-state index contributed by atoms with van der Waals surface area (Å²) in [5.74, 6) is -0.957. The van der Waals surface area contributed by atoms with Gasteiger partial charge >= 0.3 is 0 Å². The largest absolute Gasteiger partial charge is 0.377 e. The predicted molar refractivity (Wildman–Crippen MR) is 72.5 cm³/mol. The van der Waals surface area contributed by atoms with E-state index in [0.29, 0.717) is 13.2 Å². The van der Waals surface area contributed by atoms with E-state index in [2.05, 4.69) is 21.2 Å². The fourth-order valence-electron chi connectivity index (χ4n) is 1.28. The van der Waals surface area contributed by atoms with E-state index >= 15 is 0 Å². The Morgan fingerprint density at radius 2 is 2.22 bits per heavy atom. The standard InChI is InChI=1S/C12H14BrClFNO2/c1-7(2)18-4-3-16-12(17)9-5-8(14)6-10(15)11(9)13/h5-7H,3-4H2,1-2H3,(H,16,17).